The molecule has 0 unspecified atom stereocenters. The molecule has 78 valence electrons. The van der Waals surface area contributed by atoms with E-state index < -0.39 is 0 Å². The standard InChI is InChI=1S/C11H24OSi/c1-3-5-7-8-9-10-12-13-11-6-4-2/h3-11H2,1-2H3. The molecule has 0 N–H and O–H groups in total. The Labute approximate surface area is 86.2 Å². The number of unbranched alkanes of at least 4 members (excludes halogenated alkanes) is 5. The van der Waals surface area contributed by atoms with Crippen molar-refractivity contribution in [1.29, 1.82) is 0 Å². The van der Waals surface area contributed by atoms with Crippen molar-refractivity contribution in [3.8, 4) is 0 Å². The van der Waals surface area contributed by atoms with Crippen LogP contribution in [0.1, 0.15) is 58.8 Å². The Morgan fingerprint density at radius 3 is 2.23 bits per heavy atom. The summed E-state index contributed by atoms with van der Waals surface area (Å²) in [5.41, 5.74) is 0. The van der Waals surface area contributed by atoms with Crippen molar-refractivity contribution in [1.82, 2.24) is 0 Å². The highest BCUT2D eigenvalue weighted by Crippen LogP contribution is 2.02. The molecule has 0 fully saturated rings. The first-order valence-corrected chi connectivity index (χ1v) is 6.88. The summed E-state index contributed by atoms with van der Waals surface area (Å²) < 4.78 is 5.54. The highest BCUT2D eigenvalue weighted by atomic mass is 28.2. The molecule has 0 aromatic heterocycles. The second-order valence-electron chi connectivity index (χ2n) is 3.51. The molecule has 0 heterocycles. The zero-order valence-corrected chi connectivity index (χ0v) is 10.3. The largest absolute Gasteiger partial charge is 0.417 e. The van der Waals surface area contributed by atoms with E-state index in [4.69, 9.17) is 4.43 Å². The van der Waals surface area contributed by atoms with E-state index in [9.17, 15) is 0 Å². The van der Waals surface area contributed by atoms with E-state index in [1.807, 2.05) is 0 Å². The van der Waals surface area contributed by atoms with E-state index in [0.717, 1.165) is 16.4 Å². The van der Waals surface area contributed by atoms with Crippen molar-refractivity contribution in [3.63, 3.8) is 0 Å². The van der Waals surface area contributed by atoms with Gasteiger partial charge in [-0.15, -0.1) is 0 Å². The number of hydrogen-bond acceptors (Lipinski definition) is 1. The van der Waals surface area contributed by atoms with E-state index in [-0.39, 0.29) is 0 Å². The average Bonchev–Trinajstić information content (AvgIpc) is 2.16. The van der Waals surface area contributed by atoms with Gasteiger partial charge in [-0.2, -0.15) is 0 Å². The monoisotopic (exact) mass is 200 g/mol. The van der Waals surface area contributed by atoms with E-state index in [2.05, 4.69) is 13.8 Å². The van der Waals surface area contributed by atoms with Gasteiger partial charge in [0.25, 0.3) is 0 Å². The minimum Gasteiger partial charge on any atom is -0.417 e. The summed E-state index contributed by atoms with van der Waals surface area (Å²) in [7, 11) is 0.751. The molecule has 0 aromatic carbocycles. The van der Waals surface area contributed by atoms with E-state index in [1.54, 1.807) is 0 Å². The van der Waals surface area contributed by atoms with Crippen LogP contribution in [-0.2, 0) is 4.43 Å². The van der Waals surface area contributed by atoms with E-state index in [0.29, 0.717) is 0 Å². The summed E-state index contributed by atoms with van der Waals surface area (Å²) in [6, 6.07) is 1.27. The molecule has 0 aliphatic carbocycles. The van der Waals surface area contributed by atoms with Gasteiger partial charge >= 0.3 is 0 Å². The van der Waals surface area contributed by atoms with Gasteiger partial charge in [0.15, 0.2) is 0 Å². The molecule has 0 aliphatic heterocycles. The Kier molecular flexibility index (Phi) is 12.3. The molecule has 0 rings (SSSR count). The lowest BCUT2D eigenvalue weighted by Gasteiger charge is -2.01. The maximum atomic E-state index is 5.54. The van der Waals surface area contributed by atoms with Gasteiger partial charge < -0.3 is 4.43 Å². The van der Waals surface area contributed by atoms with Crippen LogP contribution in [0.4, 0.5) is 0 Å². The van der Waals surface area contributed by atoms with Gasteiger partial charge in [0, 0.05) is 6.61 Å². The van der Waals surface area contributed by atoms with Crippen LogP contribution in [0.2, 0.25) is 6.04 Å². The predicted molar refractivity (Wildman–Crippen MR) is 60.2 cm³/mol. The van der Waals surface area contributed by atoms with Crippen molar-refractivity contribution in [2.75, 3.05) is 6.61 Å². The molecule has 1 nitrogen and oxygen atoms in total. The summed E-state index contributed by atoms with van der Waals surface area (Å²) >= 11 is 0. The summed E-state index contributed by atoms with van der Waals surface area (Å²) in [6.07, 6.45) is 9.35. The fourth-order valence-electron chi connectivity index (χ4n) is 1.17. The zero-order valence-electron chi connectivity index (χ0n) is 9.27. The first-order chi connectivity index (χ1) is 6.41. The third-order valence-corrected chi connectivity index (χ3v) is 3.05. The molecule has 2 radical (unpaired) electrons. The average molecular weight is 200 g/mol. The summed E-state index contributed by atoms with van der Waals surface area (Å²) in [6.45, 7) is 5.48. The van der Waals surface area contributed by atoms with Crippen LogP contribution in [0.25, 0.3) is 0 Å². The maximum absolute atomic E-state index is 5.54. The number of hydrogen-bond donors (Lipinski definition) is 0. The molecule has 0 amide bonds. The fraction of sp³-hybridized carbons (Fsp3) is 1.00. The summed E-state index contributed by atoms with van der Waals surface area (Å²) in [5.74, 6) is 0. The van der Waals surface area contributed by atoms with E-state index >= 15 is 0 Å². The Balaban J connectivity index is 2.76. The van der Waals surface area contributed by atoms with Crippen molar-refractivity contribution >= 4 is 9.76 Å². The van der Waals surface area contributed by atoms with Crippen LogP contribution in [0.15, 0.2) is 0 Å². The lowest BCUT2D eigenvalue weighted by molar-refractivity contribution is 0.319. The second-order valence-corrected chi connectivity index (χ2v) is 4.59. The van der Waals surface area contributed by atoms with Gasteiger partial charge in [-0.3, -0.25) is 0 Å². The maximum Gasteiger partial charge on any atom is 0.229 e. The highest BCUT2D eigenvalue weighted by molar-refractivity contribution is 6.26. The van der Waals surface area contributed by atoms with Crippen LogP contribution in [0.5, 0.6) is 0 Å². The van der Waals surface area contributed by atoms with Crippen molar-refractivity contribution < 1.29 is 4.43 Å². The van der Waals surface area contributed by atoms with Gasteiger partial charge in [-0.1, -0.05) is 52.4 Å². The molecular weight excluding hydrogens is 176 g/mol. The first kappa shape index (κ1) is 13.2. The predicted octanol–water partition coefficient (Wildman–Crippen LogP) is 3.81. The molecule has 0 bridgehead atoms. The first-order valence-electron chi connectivity index (χ1n) is 5.76. The third-order valence-electron chi connectivity index (χ3n) is 2.08. The fourth-order valence-corrected chi connectivity index (χ4v) is 2.10. The molecule has 13 heavy (non-hydrogen) atoms. The Bertz CT molecular complexity index is 76.2. The van der Waals surface area contributed by atoms with Crippen molar-refractivity contribution in [2.24, 2.45) is 0 Å². The van der Waals surface area contributed by atoms with Gasteiger partial charge in [0.2, 0.25) is 9.76 Å². The van der Waals surface area contributed by atoms with Gasteiger partial charge in [-0.25, -0.2) is 0 Å². The molecule has 0 saturated heterocycles. The molecule has 0 aliphatic rings. The summed E-state index contributed by atoms with van der Waals surface area (Å²) in [4.78, 5) is 0. The molecular formula is C11H24OSi. The Morgan fingerprint density at radius 1 is 0.846 bits per heavy atom. The molecule has 0 aromatic rings. The Morgan fingerprint density at radius 2 is 1.54 bits per heavy atom. The second kappa shape index (κ2) is 12.2. The third kappa shape index (κ3) is 12.2. The van der Waals surface area contributed by atoms with Crippen LogP contribution in [0.3, 0.4) is 0 Å². The van der Waals surface area contributed by atoms with Crippen LogP contribution in [-0.4, -0.2) is 16.4 Å². The topological polar surface area (TPSA) is 9.23 Å². The van der Waals surface area contributed by atoms with Crippen molar-refractivity contribution in [2.45, 2.75) is 64.8 Å². The summed E-state index contributed by atoms with van der Waals surface area (Å²) in [5, 5.41) is 0. The van der Waals surface area contributed by atoms with E-state index in [1.165, 1.54) is 51.0 Å². The number of rotatable bonds is 10. The molecule has 0 saturated carbocycles. The van der Waals surface area contributed by atoms with Crippen molar-refractivity contribution in [3.05, 3.63) is 0 Å². The normalized spacial score (nSPS) is 10.6. The lowest BCUT2D eigenvalue weighted by Crippen LogP contribution is -2.00. The highest BCUT2D eigenvalue weighted by Gasteiger charge is 1.92. The van der Waals surface area contributed by atoms with Crippen LogP contribution in [0, 0.1) is 0 Å². The quantitative estimate of drug-likeness (QED) is 0.385. The van der Waals surface area contributed by atoms with Crippen LogP contribution < -0.4 is 0 Å². The van der Waals surface area contributed by atoms with Crippen LogP contribution >= 0.6 is 0 Å². The minimum atomic E-state index is 0.751. The van der Waals surface area contributed by atoms with Gasteiger partial charge in [0.1, 0.15) is 0 Å². The minimum absolute atomic E-state index is 0.751. The smallest absolute Gasteiger partial charge is 0.229 e. The Hall–Kier alpha value is 0.177. The zero-order chi connectivity index (χ0) is 9.78. The van der Waals surface area contributed by atoms with Gasteiger partial charge in [0.05, 0.1) is 0 Å². The molecule has 2 heteroatoms. The lowest BCUT2D eigenvalue weighted by atomic mass is 10.2. The van der Waals surface area contributed by atoms with Gasteiger partial charge in [-0.05, 0) is 12.5 Å². The SMILES string of the molecule is CCCCCCCO[Si]CCCC. The molecule has 0 atom stereocenters. The molecule has 0 spiro atoms.